The Morgan fingerprint density at radius 3 is 2.27 bits per heavy atom. The third kappa shape index (κ3) is 6.04. The number of benzene rings is 2. The highest BCUT2D eigenvalue weighted by atomic mass is 79.9. The summed E-state index contributed by atoms with van der Waals surface area (Å²) in [5, 5.41) is 21.8. The molecule has 1 aliphatic carbocycles. The Bertz CT molecular complexity index is 1110. The number of hydrogen-bond donors (Lipinski definition) is 2. The zero-order valence-corrected chi connectivity index (χ0v) is 23.7. The van der Waals surface area contributed by atoms with Gasteiger partial charge in [0, 0.05) is 29.1 Å². The van der Waals surface area contributed by atoms with E-state index in [0.29, 0.717) is 38.8 Å². The monoisotopic (exact) mass is 570 g/mol. The van der Waals surface area contributed by atoms with Gasteiger partial charge in [0.15, 0.2) is 0 Å². The van der Waals surface area contributed by atoms with E-state index in [0.717, 1.165) is 40.4 Å². The Kier molecular flexibility index (Phi) is 8.34. The average molecular weight is 572 g/mol. The summed E-state index contributed by atoms with van der Waals surface area (Å²) in [7, 11) is 0. The molecule has 6 nitrogen and oxygen atoms in total. The lowest BCUT2D eigenvalue weighted by Gasteiger charge is -2.46. The fraction of sp³-hybridized carbons (Fsp3) is 0.533. The van der Waals surface area contributed by atoms with Gasteiger partial charge in [0.2, 0.25) is 5.91 Å². The normalized spacial score (nSPS) is 19.3. The highest BCUT2D eigenvalue weighted by Crippen LogP contribution is 2.44. The summed E-state index contributed by atoms with van der Waals surface area (Å²) in [6, 6.07) is 15.9. The van der Waals surface area contributed by atoms with Crippen molar-refractivity contribution in [1.29, 1.82) is 0 Å². The highest BCUT2D eigenvalue weighted by molar-refractivity contribution is 9.10. The number of likely N-dealkylation sites (tertiary alicyclic amines) is 1. The van der Waals surface area contributed by atoms with Gasteiger partial charge in [0.1, 0.15) is 0 Å². The van der Waals surface area contributed by atoms with Crippen molar-refractivity contribution >= 4 is 27.9 Å². The zero-order chi connectivity index (χ0) is 26.8. The van der Waals surface area contributed by atoms with Crippen molar-refractivity contribution in [2.24, 2.45) is 0 Å². The molecule has 37 heavy (non-hydrogen) atoms. The fourth-order valence-electron chi connectivity index (χ4n) is 6.29. The molecule has 1 unspecified atom stereocenters. The lowest BCUT2D eigenvalue weighted by molar-refractivity contribution is -0.143. The molecule has 2 aliphatic rings. The summed E-state index contributed by atoms with van der Waals surface area (Å²) in [5.41, 5.74) is 1.21. The number of hydrogen-bond acceptors (Lipinski definition) is 3. The first-order valence-corrected chi connectivity index (χ1v) is 14.2. The van der Waals surface area contributed by atoms with E-state index < -0.39 is 23.2 Å². The van der Waals surface area contributed by atoms with Crippen molar-refractivity contribution in [3.05, 3.63) is 58.6 Å². The smallest absolute Gasteiger partial charge is 0.407 e. The molecule has 2 N–H and O–H groups in total. The van der Waals surface area contributed by atoms with Crippen LogP contribution in [-0.2, 0) is 4.79 Å². The molecule has 1 saturated carbocycles. The van der Waals surface area contributed by atoms with Gasteiger partial charge in [-0.1, -0.05) is 71.6 Å². The number of piperidine rings is 1. The second-order valence-electron chi connectivity index (χ2n) is 11.6. The van der Waals surface area contributed by atoms with Gasteiger partial charge in [0.05, 0.1) is 11.5 Å². The van der Waals surface area contributed by atoms with E-state index in [1.165, 1.54) is 4.90 Å². The van der Waals surface area contributed by atoms with Gasteiger partial charge in [0.25, 0.3) is 0 Å². The van der Waals surface area contributed by atoms with E-state index in [9.17, 15) is 19.8 Å². The van der Waals surface area contributed by atoms with Crippen molar-refractivity contribution in [3.8, 4) is 11.1 Å². The van der Waals surface area contributed by atoms with Crippen LogP contribution in [-0.4, -0.2) is 62.3 Å². The molecule has 1 heterocycles. The molecule has 1 saturated heterocycles. The van der Waals surface area contributed by atoms with Crippen LogP contribution in [0.5, 0.6) is 0 Å². The minimum absolute atomic E-state index is 0.0528. The molecule has 2 amide bonds. The van der Waals surface area contributed by atoms with E-state index >= 15 is 0 Å². The van der Waals surface area contributed by atoms with Crippen LogP contribution in [0.25, 0.3) is 11.1 Å². The third-order valence-electron chi connectivity index (χ3n) is 7.98. The molecule has 0 bridgehead atoms. The van der Waals surface area contributed by atoms with Gasteiger partial charge in [-0.15, -0.1) is 0 Å². The molecule has 2 fully saturated rings. The Balaban J connectivity index is 1.66. The topological polar surface area (TPSA) is 81.1 Å². The first-order valence-electron chi connectivity index (χ1n) is 13.4. The van der Waals surface area contributed by atoms with Crippen LogP contribution in [0.15, 0.2) is 53.0 Å². The molecule has 2 aromatic carbocycles. The number of carboxylic acid groups (broad SMARTS) is 1. The highest BCUT2D eigenvalue weighted by Gasteiger charge is 2.46. The van der Waals surface area contributed by atoms with Gasteiger partial charge < -0.3 is 20.0 Å². The van der Waals surface area contributed by atoms with Crippen molar-refractivity contribution in [1.82, 2.24) is 9.80 Å². The number of carbonyl (C=O) groups is 2. The van der Waals surface area contributed by atoms with Crippen molar-refractivity contribution in [2.75, 3.05) is 13.1 Å². The second-order valence-corrected chi connectivity index (χ2v) is 12.5. The van der Waals surface area contributed by atoms with Crippen LogP contribution in [0.4, 0.5) is 4.79 Å². The third-order valence-corrected chi connectivity index (χ3v) is 8.47. The van der Waals surface area contributed by atoms with Gasteiger partial charge in [-0.25, -0.2) is 4.79 Å². The maximum atomic E-state index is 14.3. The summed E-state index contributed by atoms with van der Waals surface area (Å²) in [4.78, 5) is 29.7. The number of nitrogens with zero attached hydrogens (tertiary/aromatic N) is 2. The molecule has 1 atom stereocenters. The minimum atomic E-state index is -1.10. The van der Waals surface area contributed by atoms with Crippen molar-refractivity contribution in [3.63, 3.8) is 0 Å². The molecule has 2 aromatic rings. The minimum Gasteiger partial charge on any atom is -0.465 e. The molecular formula is C30H39BrN2O4. The van der Waals surface area contributed by atoms with Crippen LogP contribution in [0, 0.1) is 0 Å². The Hall–Kier alpha value is -2.38. The molecule has 4 rings (SSSR count). The maximum absolute atomic E-state index is 14.3. The van der Waals surface area contributed by atoms with E-state index in [1.807, 2.05) is 74.2 Å². The van der Waals surface area contributed by atoms with Gasteiger partial charge in [-0.05, 0) is 75.3 Å². The van der Waals surface area contributed by atoms with Crippen molar-refractivity contribution in [2.45, 2.75) is 88.8 Å². The molecule has 0 spiro atoms. The largest absolute Gasteiger partial charge is 0.465 e. The summed E-state index contributed by atoms with van der Waals surface area (Å²) >= 11 is 3.57. The molecule has 0 aromatic heterocycles. The summed E-state index contributed by atoms with van der Waals surface area (Å²) < 4.78 is 0.961. The number of aliphatic hydroxyl groups is 1. The number of amides is 2. The zero-order valence-electron chi connectivity index (χ0n) is 22.1. The van der Waals surface area contributed by atoms with Crippen molar-refractivity contribution < 1.29 is 19.8 Å². The molecule has 200 valence electrons. The Labute approximate surface area is 228 Å². The number of halogens is 1. The maximum Gasteiger partial charge on any atom is 0.407 e. The number of carbonyl (C=O) groups excluding carboxylic acids is 1. The first kappa shape index (κ1) is 27.6. The lowest BCUT2D eigenvalue weighted by atomic mass is 9.70. The van der Waals surface area contributed by atoms with E-state index in [1.54, 1.807) is 0 Å². The predicted molar refractivity (Wildman–Crippen MR) is 150 cm³/mol. The first-order chi connectivity index (χ1) is 17.5. The molecular weight excluding hydrogens is 532 g/mol. The molecule has 0 radical (unpaired) electrons. The van der Waals surface area contributed by atoms with E-state index in [-0.39, 0.29) is 11.9 Å². The summed E-state index contributed by atoms with van der Waals surface area (Å²) in [6.45, 7) is 6.69. The fourth-order valence-corrected chi connectivity index (χ4v) is 6.69. The summed E-state index contributed by atoms with van der Waals surface area (Å²) in [5.74, 6) is -0.722. The predicted octanol–water partition coefficient (Wildman–Crippen LogP) is 6.66. The molecule has 1 aliphatic heterocycles. The lowest BCUT2D eigenvalue weighted by Crippen LogP contribution is -2.56. The van der Waals surface area contributed by atoms with Crippen LogP contribution in [0.2, 0.25) is 0 Å². The quantitative estimate of drug-likeness (QED) is 0.421. The number of rotatable bonds is 5. The molecule has 7 heteroatoms. The van der Waals surface area contributed by atoms with Crippen LogP contribution in [0.1, 0.15) is 77.2 Å². The standard InChI is InChI=1S/C30H39BrN2O4/c1-29(2,3)33(28(35)36)23-14-18-32(19-15-23)27(34)26(30(37)16-7-4-8-17-30)25-13-6-5-12-24(25)21-10-9-11-22(31)20-21/h5-6,9-13,20,23,26,37H,4,7-8,14-19H2,1-3H3,(H,35,36). The van der Waals surface area contributed by atoms with E-state index in [2.05, 4.69) is 15.9 Å². The van der Waals surface area contributed by atoms with Crippen LogP contribution in [0.3, 0.4) is 0 Å². The second kappa shape index (κ2) is 11.2. The van der Waals surface area contributed by atoms with E-state index in [4.69, 9.17) is 0 Å². The SMILES string of the molecule is CC(C)(C)N(C(=O)O)C1CCN(C(=O)C(c2ccccc2-c2cccc(Br)c2)C2(O)CCCCC2)CC1. The Morgan fingerprint density at radius 1 is 1.03 bits per heavy atom. The summed E-state index contributed by atoms with van der Waals surface area (Å²) in [6.07, 6.45) is 4.34. The van der Waals surface area contributed by atoms with Crippen LogP contribution >= 0.6 is 15.9 Å². The average Bonchev–Trinajstić information content (AvgIpc) is 2.84. The van der Waals surface area contributed by atoms with Gasteiger partial charge >= 0.3 is 6.09 Å². The van der Waals surface area contributed by atoms with Crippen LogP contribution < -0.4 is 0 Å². The van der Waals surface area contributed by atoms with Gasteiger partial charge in [-0.3, -0.25) is 4.79 Å². The van der Waals surface area contributed by atoms with Gasteiger partial charge in [-0.2, -0.15) is 0 Å². The Morgan fingerprint density at radius 2 is 1.68 bits per heavy atom.